The van der Waals surface area contributed by atoms with Crippen molar-refractivity contribution in [3.8, 4) is 0 Å². The number of nitrogens with two attached hydrogens (primary N) is 1. The van der Waals surface area contributed by atoms with Gasteiger partial charge in [-0.15, -0.1) is 0 Å². The van der Waals surface area contributed by atoms with Crippen molar-refractivity contribution in [2.24, 2.45) is 11.7 Å². The number of benzene rings is 1. The number of Topliss-reactive ketones (excluding diaryl/α,β-unsaturated/α-hetero) is 1. The average Bonchev–Trinajstić information content (AvgIpc) is 2.55. The van der Waals surface area contributed by atoms with Crippen LogP contribution in [0.1, 0.15) is 55.5 Å². The lowest BCUT2D eigenvalue weighted by Gasteiger charge is -2.09. The summed E-state index contributed by atoms with van der Waals surface area (Å²) in [6.07, 6.45) is 3.85. The average molecular weight is 304 g/mol. The molecule has 0 aromatic heterocycles. The van der Waals surface area contributed by atoms with Gasteiger partial charge in [-0.2, -0.15) is 0 Å². The maximum atomic E-state index is 12.1. The van der Waals surface area contributed by atoms with E-state index in [-0.39, 0.29) is 30.4 Å². The highest BCUT2D eigenvalue weighted by Gasteiger charge is 2.10. The zero-order valence-corrected chi connectivity index (χ0v) is 13.7. The molecule has 1 unspecified atom stereocenters. The van der Waals surface area contributed by atoms with Gasteiger partial charge in [-0.25, -0.2) is 0 Å². The summed E-state index contributed by atoms with van der Waals surface area (Å²) >= 11 is 0. The Morgan fingerprint density at radius 2 is 1.86 bits per heavy atom. The first kappa shape index (κ1) is 18.4. The van der Waals surface area contributed by atoms with Crippen molar-refractivity contribution in [3.63, 3.8) is 0 Å². The molecule has 0 radical (unpaired) electrons. The molecule has 0 saturated carbocycles. The number of hydrogen-bond acceptors (Lipinski definition) is 3. The van der Waals surface area contributed by atoms with Gasteiger partial charge in [0.2, 0.25) is 5.91 Å². The van der Waals surface area contributed by atoms with E-state index in [1.54, 1.807) is 0 Å². The first-order chi connectivity index (χ1) is 10.6. The van der Waals surface area contributed by atoms with Gasteiger partial charge in [0, 0.05) is 24.9 Å². The highest BCUT2D eigenvalue weighted by molar-refractivity contribution is 5.97. The van der Waals surface area contributed by atoms with Gasteiger partial charge in [-0.05, 0) is 30.9 Å². The molecule has 1 aromatic carbocycles. The van der Waals surface area contributed by atoms with Gasteiger partial charge in [0.05, 0.1) is 0 Å². The van der Waals surface area contributed by atoms with Gasteiger partial charge >= 0.3 is 0 Å². The van der Waals surface area contributed by atoms with Crippen molar-refractivity contribution in [2.45, 2.75) is 46.0 Å². The predicted octanol–water partition coefficient (Wildman–Crippen LogP) is 2.70. The second-order valence-electron chi connectivity index (χ2n) is 5.87. The molecule has 4 nitrogen and oxygen atoms in total. The van der Waals surface area contributed by atoms with Crippen molar-refractivity contribution < 1.29 is 9.59 Å². The first-order valence-corrected chi connectivity index (χ1v) is 8.15. The maximum Gasteiger partial charge on any atom is 0.220 e. The lowest BCUT2D eigenvalue weighted by Crippen LogP contribution is -2.31. The second-order valence-corrected chi connectivity index (χ2v) is 5.87. The molecule has 1 rings (SSSR count). The van der Waals surface area contributed by atoms with E-state index in [1.807, 2.05) is 31.2 Å². The Labute approximate surface area is 133 Å². The number of carbonyl (C=O) groups excluding carboxylic acids is 2. The molecule has 0 aliphatic heterocycles. The fraction of sp³-hybridized carbons (Fsp3) is 0.556. The topological polar surface area (TPSA) is 72.2 Å². The smallest absolute Gasteiger partial charge is 0.220 e. The molecule has 0 aliphatic rings. The fourth-order valence-corrected chi connectivity index (χ4v) is 2.07. The second kappa shape index (κ2) is 10.1. The Kier molecular flexibility index (Phi) is 8.44. The van der Waals surface area contributed by atoms with E-state index in [2.05, 4.69) is 12.2 Å². The van der Waals surface area contributed by atoms with Crippen LogP contribution in [-0.4, -0.2) is 24.8 Å². The summed E-state index contributed by atoms with van der Waals surface area (Å²) in [5.41, 5.74) is 7.43. The minimum absolute atomic E-state index is 0.0177. The molecule has 0 heterocycles. The number of hydrogen-bond donors (Lipinski definition) is 2. The summed E-state index contributed by atoms with van der Waals surface area (Å²) in [5.74, 6) is 0.188. The van der Waals surface area contributed by atoms with Gasteiger partial charge in [0.15, 0.2) is 5.78 Å². The largest absolute Gasteiger partial charge is 0.356 e. The summed E-state index contributed by atoms with van der Waals surface area (Å²) in [4.78, 5) is 23.7. The van der Waals surface area contributed by atoms with Crippen LogP contribution >= 0.6 is 0 Å². The molecule has 3 N–H and O–H groups in total. The molecule has 1 aromatic rings. The Morgan fingerprint density at radius 3 is 2.45 bits per heavy atom. The van der Waals surface area contributed by atoms with Gasteiger partial charge < -0.3 is 11.1 Å². The zero-order chi connectivity index (χ0) is 16.4. The Hall–Kier alpha value is -1.68. The van der Waals surface area contributed by atoms with Crippen LogP contribution in [0, 0.1) is 5.92 Å². The van der Waals surface area contributed by atoms with E-state index in [9.17, 15) is 9.59 Å². The molecular formula is C18H28N2O2. The molecule has 1 amide bonds. The molecule has 0 spiro atoms. The van der Waals surface area contributed by atoms with Crippen molar-refractivity contribution in [3.05, 3.63) is 35.4 Å². The third kappa shape index (κ3) is 6.85. The summed E-state index contributed by atoms with van der Waals surface area (Å²) in [6, 6.07) is 7.74. The van der Waals surface area contributed by atoms with Crippen molar-refractivity contribution in [2.75, 3.05) is 13.1 Å². The summed E-state index contributed by atoms with van der Waals surface area (Å²) in [5, 5.41) is 2.80. The van der Waals surface area contributed by atoms with Crippen LogP contribution in [0.4, 0.5) is 0 Å². The van der Waals surface area contributed by atoms with Gasteiger partial charge in [0.25, 0.3) is 0 Å². The molecule has 4 heteroatoms. The van der Waals surface area contributed by atoms with Crippen molar-refractivity contribution in [1.82, 2.24) is 5.32 Å². The van der Waals surface area contributed by atoms with Crippen LogP contribution in [0.15, 0.2) is 24.3 Å². The summed E-state index contributed by atoms with van der Waals surface area (Å²) in [6.45, 7) is 5.25. The first-order valence-electron chi connectivity index (χ1n) is 8.15. The van der Waals surface area contributed by atoms with Crippen LogP contribution in [-0.2, 0) is 11.2 Å². The summed E-state index contributed by atoms with van der Waals surface area (Å²) < 4.78 is 0. The molecule has 0 fully saturated rings. The monoisotopic (exact) mass is 304 g/mol. The van der Waals surface area contributed by atoms with Crippen LogP contribution < -0.4 is 11.1 Å². The number of unbranched alkanes of at least 4 members (excludes halogenated alkanes) is 1. The fourth-order valence-electron chi connectivity index (χ4n) is 2.07. The maximum absolute atomic E-state index is 12.1. The van der Waals surface area contributed by atoms with Gasteiger partial charge in [-0.1, -0.05) is 44.5 Å². The number of carbonyl (C=O) groups is 2. The van der Waals surface area contributed by atoms with E-state index in [4.69, 9.17) is 5.73 Å². The minimum Gasteiger partial charge on any atom is -0.356 e. The van der Waals surface area contributed by atoms with E-state index < -0.39 is 0 Å². The van der Waals surface area contributed by atoms with Gasteiger partial charge in [-0.3, -0.25) is 9.59 Å². The minimum atomic E-state index is -0.0896. The number of amides is 1. The molecular weight excluding hydrogens is 276 g/mol. The molecule has 122 valence electrons. The van der Waals surface area contributed by atoms with Crippen LogP contribution in [0.5, 0.6) is 0 Å². The van der Waals surface area contributed by atoms with Crippen LogP contribution in [0.3, 0.4) is 0 Å². The SMILES string of the molecule is CCCCc1ccc(C(=O)CCC(=O)NCC(C)CN)cc1. The third-order valence-electron chi connectivity index (χ3n) is 3.72. The van der Waals surface area contributed by atoms with E-state index in [1.165, 1.54) is 12.0 Å². The molecule has 0 saturated heterocycles. The molecule has 0 aliphatic carbocycles. The van der Waals surface area contributed by atoms with E-state index in [0.717, 1.165) is 12.8 Å². The lowest BCUT2D eigenvalue weighted by molar-refractivity contribution is -0.121. The Morgan fingerprint density at radius 1 is 1.18 bits per heavy atom. The highest BCUT2D eigenvalue weighted by atomic mass is 16.2. The van der Waals surface area contributed by atoms with Crippen molar-refractivity contribution in [1.29, 1.82) is 0 Å². The van der Waals surface area contributed by atoms with Gasteiger partial charge in [0.1, 0.15) is 0 Å². The molecule has 0 bridgehead atoms. The Bertz CT molecular complexity index is 468. The van der Waals surface area contributed by atoms with E-state index in [0.29, 0.717) is 18.7 Å². The quantitative estimate of drug-likeness (QED) is 0.653. The number of nitrogens with one attached hydrogen (secondary N) is 1. The number of aryl methyl sites for hydroxylation is 1. The van der Waals surface area contributed by atoms with Crippen molar-refractivity contribution >= 4 is 11.7 Å². The highest BCUT2D eigenvalue weighted by Crippen LogP contribution is 2.10. The zero-order valence-electron chi connectivity index (χ0n) is 13.7. The number of rotatable bonds is 10. The normalized spacial score (nSPS) is 12.0. The molecule has 1 atom stereocenters. The summed E-state index contributed by atoms with van der Waals surface area (Å²) in [7, 11) is 0. The predicted molar refractivity (Wildman–Crippen MR) is 89.8 cm³/mol. The lowest BCUT2D eigenvalue weighted by atomic mass is 10.0. The van der Waals surface area contributed by atoms with Crippen LogP contribution in [0.2, 0.25) is 0 Å². The number of ketones is 1. The molecule has 22 heavy (non-hydrogen) atoms. The van der Waals surface area contributed by atoms with Crippen LogP contribution in [0.25, 0.3) is 0 Å². The van der Waals surface area contributed by atoms with E-state index >= 15 is 0 Å². The third-order valence-corrected chi connectivity index (χ3v) is 3.72. The standard InChI is InChI=1S/C18H28N2O2/c1-3-4-5-15-6-8-16(9-7-15)17(21)10-11-18(22)20-13-14(2)12-19/h6-9,14H,3-5,10-13,19H2,1-2H3,(H,20,22). The Balaban J connectivity index is 2.37.